The van der Waals surface area contributed by atoms with E-state index in [0.717, 1.165) is 43.3 Å². The summed E-state index contributed by atoms with van der Waals surface area (Å²) in [6.45, 7) is 3.66. The fraction of sp³-hybridized carbons (Fsp3) is 0.467. The van der Waals surface area contributed by atoms with E-state index >= 15 is 0 Å². The predicted octanol–water partition coefficient (Wildman–Crippen LogP) is 1.56. The van der Waals surface area contributed by atoms with E-state index in [4.69, 9.17) is 0 Å². The second kappa shape index (κ2) is 5.40. The molecule has 2 aromatic rings. The van der Waals surface area contributed by atoms with E-state index in [-0.39, 0.29) is 11.3 Å². The fourth-order valence-corrected chi connectivity index (χ4v) is 4.18. The Morgan fingerprint density at radius 3 is 2.91 bits per heavy atom. The van der Waals surface area contributed by atoms with E-state index in [0.29, 0.717) is 6.42 Å². The first-order chi connectivity index (χ1) is 10.7. The second-order valence-electron chi connectivity index (χ2n) is 6.14. The van der Waals surface area contributed by atoms with Gasteiger partial charge in [0.15, 0.2) is 0 Å². The summed E-state index contributed by atoms with van der Waals surface area (Å²) in [5.41, 5.74) is 0.882. The molecule has 0 aromatic carbocycles. The lowest BCUT2D eigenvalue weighted by molar-refractivity contribution is -0.117. The van der Waals surface area contributed by atoms with Gasteiger partial charge in [-0.15, -0.1) is 11.3 Å². The van der Waals surface area contributed by atoms with Crippen molar-refractivity contribution in [2.45, 2.75) is 19.4 Å². The highest BCUT2D eigenvalue weighted by molar-refractivity contribution is 7.09. The maximum Gasteiger partial charge on any atom is 0.227 e. The summed E-state index contributed by atoms with van der Waals surface area (Å²) in [4.78, 5) is 29.1. The molecule has 2 aromatic heterocycles. The number of likely N-dealkylation sites (tertiary alicyclic amines) is 1. The number of anilines is 1. The van der Waals surface area contributed by atoms with E-state index in [1.807, 2.05) is 16.5 Å². The molecule has 0 radical (unpaired) electrons. The van der Waals surface area contributed by atoms with Crippen molar-refractivity contribution in [2.75, 3.05) is 24.5 Å². The molecule has 4 rings (SSSR count). The largest absolute Gasteiger partial charge is 0.309 e. The van der Waals surface area contributed by atoms with Gasteiger partial charge < -0.3 is 4.90 Å². The van der Waals surface area contributed by atoms with E-state index in [1.54, 1.807) is 23.7 Å². The van der Waals surface area contributed by atoms with Crippen molar-refractivity contribution in [1.29, 1.82) is 0 Å². The number of carbonyl (C=O) groups excluding carboxylic acids is 1. The monoisotopic (exact) mass is 315 g/mol. The van der Waals surface area contributed by atoms with Gasteiger partial charge in [0.1, 0.15) is 11.3 Å². The van der Waals surface area contributed by atoms with Crippen LogP contribution in [0.25, 0.3) is 0 Å². The minimum Gasteiger partial charge on any atom is -0.309 e. The van der Waals surface area contributed by atoms with E-state index in [2.05, 4.69) is 19.9 Å². The van der Waals surface area contributed by atoms with Gasteiger partial charge in [0.05, 0.1) is 24.6 Å². The smallest absolute Gasteiger partial charge is 0.227 e. The highest BCUT2D eigenvalue weighted by Crippen LogP contribution is 2.41. The Morgan fingerprint density at radius 1 is 1.27 bits per heavy atom. The summed E-state index contributed by atoms with van der Waals surface area (Å²) in [5.74, 6) is 0.186. The Bertz CT molecular complexity index is 662. The van der Waals surface area contributed by atoms with Gasteiger partial charge in [-0.25, -0.2) is 15.0 Å². The average Bonchev–Trinajstić information content (AvgIpc) is 3.23. The van der Waals surface area contributed by atoms with Crippen LogP contribution in [0.1, 0.15) is 17.8 Å². The number of rotatable bonds is 3. The highest BCUT2D eigenvalue weighted by atomic mass is 32.1. The molecular formula is C15H17N5OS. The van der Waals surface area contributed by atoms with Gasteiger partial charge in [0.25, 0.3) is 0 Å². The Morgan fingerprint density at radius 2 is 2.14 bits per heavy atom. The Kier molecular flexibility index (Phi) is 3.38. The molecule has 0 N–H and O–H groups in total. The number of aromatic nitrogens is 3. The van der Waals surface area contributed by atoms with Crippen LogP contribution in [0.4, 0.5) is 5.69 Å². The third kappa shape index (κ3) is 2.50. The molecule has 1 spiro atoms. The number of amides is 1. The first-order valence-electron chi connectivity index (χ1n) is 7.40. The molecule has 2 aliphatic heterocycles. The average molecular weight is 315 g/mol. The lowest BCUT2D eigenvalue weighted by Crippen LogP contribution is -2.31. The van der Waals surface area contributed by atoms with Gasteiger partial charge in [0.2, 0.25) is 5.91 Å². The van der Waals surface area contributed by atoms with Crippen molar-refractivity contribution in [3.05, 3.63) is 35.3 Å². The van der Waals surface area contributed by atoms with Crippen LogP contribution in [0.15, 0.2) is 30.3 Å². The van der Waals surface area contributed by atoms with Crippen molar-refractivity contribution in [1.82, 2.24) is 19.9 Å². The SMILES string of the molecule is O=C1CC2(CCN(Cc3nccs3)C2)CN1c1cncnc1. The minimum atomic E-state index is 0.0736. The molecule has 1 amide bonds. The Labute approximate surface area is 132 Å². The molecule has 7 heteroatoms. The first kappa shape index (κ1) is 13.8. The predicted molar refractivity (Wildman–Crippen MR) is 83.4 cm³/mol. The van der Waals surface area contributed by atoms with Crippen LogP contribution in [0.5, 0.6) is 0 Å². The number of carbonyl (C=O) groups is 1. The normalized spacial score (nSPS) is 25.5. The van der Waals surface area contributed by atoms with E-state index in [1.165, 1.54) is 6.33 Å². The summed E-state index contributed by atoms with van der Waals surface area (Å²) in [6, 6.07) is 0. The summed E-state index contributed by atoms with van der Waals surface area (Å²) in [6.07, 6.45) is 8.45. The van der Waals surface area contributed by atoms with Gasteiger partial charge in [0, 0.05) is 36.5 Å². The molecule has 0 saturated carbocycles. The zero-order valence-electron chi connectivity index (χ0n) is 12.2. The van der Waals surface area contributed by atoms with Crippen LogP contribution in [0.2, 0.25) is 0 Å². The quantitative estimate of drug-likeness (QED) is 0.860. The van der Waals surface area contributed by atoms with Crippen LogP contribution in [-0.4, -0.2) is 45.4 Å². The van der Waals surface area contributed by atoms with Crippen LogP contribution in [-0.2, 0) is 11.3 Å². The summed E-state index contributed by atoms with van der Waals surface area (Å²) in [5, 5.41) is 3.16. The summed E-state index contributed by atoms with van der Waals surface area (Å²) < 4.78 is 0. The minimum absolute atomic E-state index is 0.0736. The molecule has 2 saturated heterocycles. The van der Waals surface area contributed by atoms with Crippen molar-refractivity contribution >= 4 is 22.9 Å². The van der Waals surface area contributed by atoms with E-state index < -0.39 is 0 Å². The lowest BCUT2D eigenvalue weighted by Gasteiger charge is -2.23. The van der Waals surface area contributed by atoms with Gasteiger partial charge in [-0.05, 0) is 13.0 Å². The van der Waals surface area contributed by atoms with Crippen LogP contribution >= 0.6 is 11.3 Å². The van der Waals surface area contributed by atoms with Gasteiger partial charge in [-0.2, -0.15) is 0 Å². The number of hydrogen-bond acceptors (Lipinski definition) is 6. The summed E-state index contributed by atoms with van der Waals surface area (Å²) >= 11 is 1.69. The third-order valence-corrected chi connectivity index (χ3v) is 5.30. The highest BCUT2D eigenvalue weighted by Gasteiger charge is 2.47. The molecule has 6 nitrogen and oxygen atoms in total. The van der Waals surface area contributed by atoms with Gasteiger partial charge in [-0.3, -0.25) is 9.69 Å². The number of nitrogens with zero attached hydrogens (tertiary/aromatic N) is 5. The molecule has 0 aliphatic carbocycles. The molecule has 1 atom stereocenters. The molecule has 4 heterocycles. The van der Waals surface area contributed by atoms with Crippen molar-refractivity contribution in [3.8, 4) is 0 Å². The Balaban J connectivity index is 1.46. The molecule has 0 bridgehead atoms. The van der Waals surface area contributed by atoms with Crippen molar-refractivity contribution < 1.29 is 4.79 Å². The maximum absolute atomic E-state index is 12.4. The van der Waals surface area contributed by atoms with Crippen molar-refractivity contribution in [2.24, 2.45) is 5.41 Å². The van der Waals surface area contributed by atoms with Gasteiger partial charge in [-0.1, -0.05) is 0 Å². The molecule has 114 valence electrons. The summed E-state index contributed by atoms with van der Waals surface area (Å²) in [7, 11) is 0. The first-order valence-corrected chi connectivity index (χ1v) is 8.28. The van der Waals surface area contributed by atoms with Crippen LogP contribution < -0.4 is 4.90 Å². The molecule has 2 aliphatic rings. The second-order valence-corrected chi connectivity index (χ2v) is 7.12. The molecule has 22 heavy (non-hydrogen) atoms. The van der Waals surface area contributed by atoms with Gasteiger partial charge >= 0.3 is 0 Å². The standard InChI is InChI=1S/C15H17N5OS/c21-14-5-15(10-20(14)12-6-16-11-17-7-12)1-3-19(9-15)8-13-18-2-4-22-13/h2,4,6-7,11H,1,3,5,8-10H2. The lowest BCUT2D eigenvalue weighted by atomic mass is 9.86. The third-order valence-electron chi connectivity index (χ3n) is 4.54. The Hall–Kier alpha value is -1.86. The zero-order valence-corrected chi connectivity index (χ0v) is 13.0. The maximum atomic E-state index is 12.4. The molecular weight excluding hydrogens is 298 g/mol. The fourth-order valence-electron chi connectivity index (χ4n) is 3.52. The zero-order chi connectivity index (χ0) is 15.0. The van der Waals surface area contributed by atoms with Crippen molar-refractivity contribution in [3.63, 3.8) is 0 Å². The van der Waals surface area contributed by atoms with Crippen LogP contribution in [0.3, 0.4) is 0 Å². The molecule has 1 unspecified atom stereocenters. The number of hydrogen-bond donors (Lipinski definition) is 0. The van der Waals surface area contributed by atoms with E-state index in [9.17, 15) is 4.79 Å². The molecule has 2 fully saturated rings. The number of thiazole rings is 1. The van der Waals surface area contributed by atoms with Crippen LogP contribution in [0, 0.1) is 5.41 Å². The topological polar surface area (TPSA) is 62.2 Å².